The fourth-order valence-corrected chi connectivity index (χ4v) is 1.66. The van der Waals surface area contributed by atoms with Crippen molar-refractivity contribution in [1.29, 1.82) is 0 Å². The van der Waals surface area contributed by atoms with Crippen molar-refractivity contribution in [2.24, 2.45) is 5.16 Å². The van der Waals surface area contributed by atoms with Crippen molar-refractivity contribution in [3.8, 4) is 0 Å². The number of allylic oxidation sites excluding steroid dienone is 1. The number of nitrogens with one attached hydrogen (secondary N) is 1. The minimum atomic E-state index is 0.321. The summed E-state index contributed by atoms with van der Waals surface area (Å²) in [7, 11) is 3.71. The van der Waals surface area contributed by atoms with E-state index in [2.05, 4.69) is 32.3 Å². The number of methoxy groups -OCH3 is 1. The third kappa shape index (κ3) is 6.09. The molecule has 0 bridgehead atoms. The number of oxime groups is 1. The molecule has 0 radical (unpaired) electrons. The number of rotatable bonds is 9. The Morgan fingerprint density at radius 1 is 1.50 bits per heavy atom. The molecular formula is C15H25N5O2. The third-order valence-corrected chi connectivity index (χ3v) is 3.14. The lowest BCUT2D eigenvalue weighted by molar-refractivity contribution is 0.189. The van der Waals surface area contributed by atoms with Gasteiger partial charge >= 0.3 is 0 Å². The second-order valence-corrected chi connectivity index (χ2v) is 4.86. The standard InChI is InChI=1S/C15H25N5O2/c1-6-19-22-13(3)10-16-14-9-15(18-11-17-14)20(4)12(2)7-8-21-5/h6,9-12H,7-8H2,1-5H3,(H,16,17,18)/b13-10+,19-6+. The van der Waals surface area contributed by atoms with E-state index < -0.39 is 0 Å². The molecule has 1 atom stereocenters. The summed E-state index contributed by atoms with van der Waals surface area (Å²) in [6.45, 7) is 6.45. The smallest absolute Gasteiger partial charge is 0.147 e. The molecule has 7 heteroatoms. The lowest BCUT2D eigenvalue weighted by atomic mass is 10.2. The highest BCUT2D eigenvalue weighted by Gasteiger charge is 2.11. The van der Waals surface area contributed by atoms with E-state index in [1.165, 1.54) is 6.33 Å². The van der Waals surface area contributed by atoms with Gasteiger partial charge in [-0.1, -0.05) is 5.16 Å². The highest BCUT2D eigenvalue weighted by atomic mass is 16.6. The minimum absolute atomic E-state index is 0.321. The van der Waals surface area contributed by atoms with E-state index in [-0.39, 0.29) is 0 Å². The monoisotopic (exact) mass is 307 g/mol. The molecule has 0 saturated heterocycles. The normalized spacial score (nSPS) is 13.2. The van der Waals surface area contributed by atoms with Gasteiger partial charge in [-0.2, -0.15) is 0 Å². The molecule has 1 aromatic heterocycles. The van der Waals surface area contributed by atoms with Crippen molar-refractivity contribution < 1.29 is 9.57 Å². The molecular weight excluding hydrogens is 282 g/mol. The summed E-state index contributed by atoms with van der Waals surface area (Å²) < 4.78 is 5.11. The van der Waals surface area contributed by atoms with E-state index >= 15 is 0 Å². The summed E-state index contributed by atoms with van der Waals surface area (Å²) in [5.41, 5.74) is 0. The summed E-state index contributed by atoms with van der Waals surface area (Å²) >= 11 is 0. The molecule has 1 heterocycles. The summed E-state index contributed by atoms with van der Waals surface area (Å²) in [6, 6.07) is 2.21. The van der Waals surface area contributed by atoms with Gasteiger partial charge < -0.3 is 19.8 Å². The molecule has 1 unspecified atom stereocenters. The van der Waals surface area contributed by atoms with E-state index in [1.807, 2.05) is 13.1 Å². The summed E-state index contributed by atoms with van der Waals surface area (Å²) in [4.78, 5) is 15.7. The van der Waals surface area contributed by atoms with Gasteiger partial charge in [0.05, 0.1) is 0 Å². The Labute approximate surface area is 132 Å². The first-order chi connectivity index (χ1) is 10.6. The zero-order valence-electron chi connectivity index (χ0n) is 13.9. The van der Waals surface area contributed by atoms with Gasteiger partial charge in [-0.25, -0.2) is 9.97 Å². The summed E-state index contributed by atoms with van der Waals surface area (Å²) in [5, 5.41) is 6.76. The van der Waals surface area contributed by atoms with Crippen molar-refractivity contribution in [2.75, 3.05) is 31.0 Å². The maximum absolute atomic E-state index is 5.11. The Bertz CT molecular complexity index is 504. The SMILES string of the molecule is C/C=N/O/C(C)=C/Nc1cc(N(C)C(C)CCOC)ncn1. The fourth-order valence-electron chi connectivity index (χ4n) is 1.66. The van der Waals surface area contributed by atoms with Gasteiger partial charge in [0.2, 0.25) is 0 Å². The molecule has 7 nitrogen and oxygen atoms in total. The first-order valence-electron chi connectivity index (χ1n) is 7.20. The maximum atomic E-state index is 5.11. The average Bonchev–Trinajstić information content (AvgIpc) is 2.55. The van der Waals surface area contributed by atoms with Crippen LogP contribution in [-0.4, -0.2) is 43.0 Å². The van der Waals surface area contributed by atoms with Crippen LogP contribution in [0, 0.1) is 0 Å². The van der Waals surface area contributed by atoms with Crippen LogP contribution in [0.4, 0.5) is 11.6 Å². The highest BCUT2D eigenvalue weighted by molar-refractivity contribution is 5.52. The first kappa shape index (κ1) is 17.9. The van der Waals surface area contributed by atoms with Crippen molar-refractivity contribution in [3.05, 3.63) is 24.4 Å². The summed E-state index contributed by atoms with van der Waals surface area (Å²) in [5.74, 6) is 2.18. The second kappa shape index (κ2) is 9.73. The molecule has 0 aliphatic carbocycles. The van der Waals surface area contributed by atoms with Crippen LogP contribution >= 0.6 is 0 Å². The molecule has 0 aliphatic heterocycles. The van der Waals surface area contributed by atoms with Crippen molar-refractivity contribution >= 4 is 17.9 Å². The lowest BCUT2D eigenvalue weighted by Crippen LogP contribution is -2.30. The predicted octanol–water partition coefficient (Wildman–Crippen LogP) is 2.63. The maximum Gasteiger partial charge on any atom is 0.147 e. The number of hydrogen-bond donors (Lipinski definition) is 1. The topological polar surface area (TPSA) is 71.9 Å². The minimum Gasteiger partial charge on any atom is -0.385 e. The van der Waals surface area contributed by atoms with Crippen LogP contribution in [0.25, 0.3) is 0 Å². The molecule has 0 saturated carbocycles. The van der Waals surface area contributed by atoms with E-state index in [1.54, 1.807) is 33.4 Å². The van der Waals surface area contributed by atoms with Crippen LogP contribution in [0.3, 0.4) is 0 Å². The largest absolute Gasteiger partial charge is 0.385 e. The van der Waals surface area contributed by atoms with E-state index in [4.69, 9.17) is 9.57 Å². The molecule has 0 aromatic carbocycles. The zero-order valence-corrected chi connectivity index (χ0v) is 13.9. The second-order valence-electron chi connectivity index (χ2n) is 4.86. The first-order valence-corrected chi connectivity index (χ1v) is 7.20. The molecule has 0 aliphatic rings. The van der Waals surface area contributed by atoms with Gasteiger partial charge in [0.1, 0.15) is 23.7 Å². The molecule has 1 aromatic rings. The predicted molar refractivity (Wildman–Crippen MR) is 89.0 cm³/mol. The molecule has 22 heavy (non-hydrogen) atoms. The average molecular weight is 307 g/mol. The van der Waals surface area contributed by atoms with E-state index in [0.717, 1.165) is 18.8 Å². The van der Waals surface area contributed by atoms with Crippen molar-refractivity contribution in [1.82, 2.24) is 9.97 Å². The van der Waals surface area contributed by atoms with Gasteiger partial charge in [0.25, 0.3) is 0 Å². The molecule has 0 fully saturated rings. The fraction of sp³-hybridized carbons (Fsp3) is 0.533. The number of anilines is 2. The van der Waals surface area contributed by atoms with E-state index in [9.17, 15) is 0 Å². The Hall–Kier alpha value is -2.15. The zero-order chi connectivity index (χ0) is 16.4. The van der Waals surface area contributed by atoms with Gasteiger partial charge in [-0.15, -0.1) is 0 Å². The Morgan fingerprint density at radius 3 is 2.95 bits per heavy atom. The Balaban J connectivity index is 2.69. The molecule has 0 amide bonds. The van der Waals surface area contributed by atoms with Crippen LogP contribution < -0.4 is 10.2 Å². The Morgan fingerprint density at radius 2 is 2.27 bits per heavy atom. The van der Waals surface area contributed by atoms with Gasteiger partial charge in [0.15, 0.2) is 0 Å². The van der Waals surface area contributed by atoms with Crippen molar-refractivity contribution in [2.45, 2.75) is 33.2 Å². The number of nitrogens with zero attached hydrogens (tertiary/aromatic N) is 4. The van der Waals surface area contributed by atoms with Crippen LogP contribution in [0.15, 0.2) is 29.5 Å². The number of hydrogen-bond acceptors (Lipinski definition) is 7. The van der Waals surface area contributed by atoms with Gasteiger partial charge in [-0.3, -0.25) is 0 Å². The number of aromatic nitrogens is 2. The third-order valence-electron chi connectivity index (χ3n) is 3.14. The van der Waals surface area contributed by atoms with Gasteiger partial charge in [-0.05, 0) is 27.2 Å². The Kier molecular flexibility index (Phi) is 7.91. The molecule has 1 rings (SSSR count). The highest BCUT2D eigenvalue weighted by Crippen LogP contribution is 2.16. The molecule has 1 N–H and O–H groups in total. The lowest BCUT2D eigenvalue weighted by Gasteiger charge is -2.25. The van der Waals surface area contributed by atoms with Crippen LogP contribution in [-0.2, 0) is 9.57 Å². The summed E-state index contributed by atoms with van der Waals surface area (Å²) in [6.07, 6.45) is 5.75. The quantitative estimate of drug-likeness (QED) is 0.429. The number of ether oxygens (including phenoxy) is 1. The van der Waals surface area contributed by atoms with Crippen molar-refractivity contribution in [3.63, 3.8) is 0 Å². The van der Waals surface area contributed by atoms with E-state index in [0.29, 0.717) is 17.6 Å². The molecule has 122 valence electrons. The van der Waals surface area contributed by atoms with Crippen LogP contribution in [0.2, 0.25) is 0 Å². The van der Waals surface area contributed by atoms with Gasteiger partial charge in [0, 0.05) is 45.3 Å². The molecule has 0 spiro atoms. The van der Waals surface area contributed by atoms with Crippen LogP contribution in [0.1, 0.15) is 27.2 Å². The van der Waals surface area contributed by atoms with Crippen LogP contribution in [0.5, 0.6) is 0 Å².